The number of nitrogens with one attached hydrogen (secondary N) is 1. The molecule has 4 aromatic rings. The van der Waals surface area contributed by atoms with Crippen molar-refractivity contribution in [1.29, 1.82) is 0 Å². The molecule has 7 nitrogen and oxygen atoms in total. The van der Waals surface area contributed by atoms with Crippen LogP contribution in [0.1, 0.15) is 61.2 Å². The van der Waals surface area contributed by atoms with Gasteiger partial charge in [-0.2, -0.15) is 8.78 Å². The number of hydrogen-bond acceptors (Lipinski definition) is 4. The zero-order valence-electron chi connectivity index (χ0n) is 20.5. The molecule has 36 heavy (non-hydrogen) atoms. The minimum Gasteiger partial charge on any atom is -0.353 e. The van der Waals surface area contributed by atoms with Crippen molar-refractivity contribution in [1.82, 2.24) is 29.2 Å². The molecule has 1 saturated heterocycles. The summed E-state index contributed by atoms with van der Waals surface area (Å²) in [6.07, 6.45) is 7.69. The molecular weight excluding hydrogens is 462 g/mol. The van der Waals surface area contributed by atoms with Crippen LogP contribution >= 0.6 is 0 Å². The van der Waals surface area contributed by atoms with E-state index in [1.54, 1.807) is 12.1 Å². The van der Waals surface area contributed by atoms with E-state index in [0.29, 0.717) is 23.0 Å². The number of pyridine rings is 1. The molecule has 0 unspecified atom stereocenters. The van der Waals surface area contributed by atoms with Gasteiger partial charge in [0.15, 0.2) is 0 Å². The van der Waals surface area contributed by atoms with E-state index in [-0.39, 0.29) is 11.1 Å². The Morgan fingerprint density at radius 3 is 2.75 bits per heavy atom. The number of benzene rings is 1. The van der Waals surface area contributed by atoms with Crippen molar-refractivity contribution in [3.05, 3.63) is 75.9 Å². The highest BCUT2D eigenvalue weighted by Gasteiger charge is 2.39. The molecular formula is C27H30F2N6O. The third kappa shape index (κ3) is 4.05. The second kappa shape index (κ2) is 8.65. The molecule has 188 valence electrons. The number of nitrogens with zero attached hydrogens (tertiary/aromatic N) is 5. The fourth-order valence-electron chi connectivity index (χ4n) is 5.51. The predicted octanol–water partition coefficient (Wildman–Crippen LogP) is 4.70. The van der Waals surface area contributed by atoms with E-state index in [4.69, 9.17) is 0 Å². The minimum absolute atomic E-state index is 0.230. The first-order valence-corrected chi connectivity index (χ1v) is 12.6. The van der Waals surface area contributed by atoms with Gasteiger partial charge < -0.3 is 9.55 Å². The fourth-order valence-corrected chi connectivity index (χ4v) is 5.51. The summed E-state index contributed by atoms with van der Waals surface area (Å²) in [5, 5.41) is 8.17. The van der Waals surface area contributed by atoms with Crippen molar-refractivity contribution in [3.63, 3.8) is 0 Å². The summed E-state index contributed by atoms with van der Waals surface area (Å²) in [6, 6.07) is 8.10. The SMILES string of the molecule is C[C@H]1CCCN(Cc2cc3c(C4CC4)cn(-c4cccc(C(F)(F)c5nncn5C)c4)c(=O)c3[nH]2)C1. The Labute approximate surface area is 207 Å². The van der Waals surface area contributed by atoms with E-state index >= 15 is 8.78 Å². The van der Waals surface area contributed by atoms with E-state index < -0.39 is 11.7 Å². The largest absolute Gasteiger partial charge is 0.353 e. The average molecular weight is 493 g/mol. The molecule has 3 aromatic heterocycles. The summed E-state index contributed by atoms with van der Waals surface area (Å²) in [4.78, 5) is 19.5. The maximum Gasteiger partial charge on any atom is 0.332 e. The Morgan fingerprint density at radius 1 is 1.19 bits per heavy atom. The molecule has 9 heteroatoms. The molecule has 0 spiro atoms. The van der Waals surface area contributed by atoms with E-state index in [9.17, 15) is 4.79 Å². The Bertz CT molecular complexity index is 1480. The molecule has 0 bridgehead atoms. The first kappa shape index (κ1) is 23.1. The number of aromatic nitrogens is 5. The van der Waals surface area contributed by atoms with Gasteiger partial charge >= 0.3 is 5.92 Å². The highest BCUT2D eigenvalue weighted by molar-refractivity contribution is 5.84. The van der Waals surface area contributed by atoms with Gasteiger partial charge in [0.25, 0.3) is 5.56 Å². The molecule has 2 fully saturated rings. The summed E-state index contributed by atoms with van der Waals surface area (Å²) in [6.45, 7) is 5.18. The van der Waals surface area contributed by atoms with Crippen LogP contribution in [0.3, 0.4) is 0 Å². The van der Waals surface area contributed by atoms with Crippen molar-refractivity contribution >= 4 is 10.9 Å². The molecule has 6 rings (SSSR count). The molecule has 1 aromatic carbocycles. The molecule has 1 atom stereocenters. The number of halogens is 2. The highest BCUT2D eigenvalue weighted by Crippen LogP contribution is 2.43. The standard InChI is InChI=1S/C27H30F2N6O/c1-17-5-4-10-34(13-17)14-20-12-22-23(18-8-9-18)15-35(25(36)24(22)31-20)21-7-3-6-19(11-21)27(28,29)26-32-30-16-33(26)2/h3,6-7,11-12,15-18,31H,4-5,8-10,13-14H2,1-2H3/t17-/m0/s1. The van der Waals surface area contributed by atoms with Crippen LogP contribution in [0, 0.1) is 5.92 Å². The van der Waals surface area contributed by atoms with Crippen molar-refractivity contribution < 1.29 is 8.78 Å². The summed E-state index contributed by atoms with van der Waals surface area (Å²) >= 11 is 0. The summed E-state index contributed by atoms with van der Waals surface area (Å²) in [5.74, 6) is -2.72. The van der Waals surface area contributed by atoms with E-state index in [2.05, 4.69) is 33.1 Å². The fraction of sp³-hybridized carbons (Fsp3) is 0.444. The number of aromatic amines is 1. The van der Waals surface area contributed by atoms with Gasteiger partial charge in [-0.15, -0.1) is 10.2 Å². The Morgan fingerprint density at radius 2 is 2.03 bits per heavy atom. The molecule has 1 aliphatic carbocycles. The zero-order chi connectivity index (χ0) is 25.0. The third-order valence-corrected chi connectivity index (χ3v) is 7.52. The number of aryl methyl sites for hydroxylation is 1. The zero-order valence-corrected chi connectivity index (χ0v) is 20.5. The van der Waals surface area contributed by atoms with E-state index in [0.717, 1.165) is 49.1 Å². The Kier molecular flexibility index (Phi) is 5.55. The summed E-state index contributed by atoms with van der Waals surface area (Å²) in [7, 11) is 1.49. The van der Waals surface area contributed by atoms with Crippen LogP contribution in [0.2, 0.25) is 0 Å². The lowest BCUT2D eigenvalue weighted by molar-refractivity contribution is 0.0295. The van der Waals surface area contributed by atoms with Crippen LogP contribution < -0.4 is 5.56 Å². The van der Waals surface area contributed by atoms with Crippen LogP contribution in [0.5, 0.6) is 0 Å². The lowest BCUT2D eigenvalue weighted by Crippen LogP contribution is -2.33. The summed E-state index contributed by atoms with van der Waals surface area (Å²) in [5.41, 5.74) is 2.62. The molecule has 1 N–H and O–H groups in total. The van der Waals surface area contributed by atoms with Crippen molar-refractivity contribution in [3.8, 4) is 5.69 Å². The molecule has 1 saturated carbocycles. The minimum atomic E-state index is -3.35. The topological polar surface area (TPSA) is 71.7 Å². The predicted molar refractivity (Wildman–Crippen MR) is 134 cm³/mol. The number of piperidine rings is 1. The van der Waals surface area contributed by atoms with Crippen LogP contribution in [0.4, 0.5) is 8.78 Å². The van der Waals surface area contributed by atoms with Crippen LogP contribution in [0.15, 0.2) is 47.7 Å². The maximum absolute atomic E-state index is 15.3. The van der Waals surface area contributed by atoms with Crippen LogP contribution in [-0.4, -0.2) is 42.3 Å². The molecule has 4 heterocycles. The second-order valence-corrected chi connectivity index (χ2v) is 10.5. The molecule has 2 aliphatic rings. The number of fused-ring (bicyclic) bond motifs is 1. The van der Waals surface area contributed by atoms with Gasteiger partial charge in [0.05, 0.1) is 0 Å². The number of alkyl halides is 2. The quantitative estimate of drug-likeness (QED) is 0.424. The molecule has 0 amide bonds. The van der Waals surface area contributed by atoms with Crippen LogP contribution in [-0.2, 0) is 19.5 Å². The lowest BCUT2D eigenvalue weighted by Gasteiger charge is -2.30. The monoisotopic (exact) mass is 492 g/mol. The maximum atomic E-state index is 15.3. The van der Waals surface area contributed by atoms with E-state index in [1.807, 2.05) is 6.20 Å². The highest BCUT2D eigenvalue weighted by atomic mass is 19.3. The van der Waals surface area contributed by atoms with Gasteiger partial charge in [-0.05, 0) is 67.8 Å². The number of rotatable bonds is 6. The number of H-pyrrole nitrogens is 1. The first-order valence-electron chi connectivity index (χ1n) is 12.6. The van der Waals surface area contributed by atoms with Gasteiger partial charge in [0.1, 0.15) is 11.8 Å². The van der Waals surface area contributed by atoms with E-state index in [1.165, 1.54) is 47.5 Å². The second-order valence-electron chi connectivity index (χ2n) is 10.5. The van der Waals surface area contributed by atoms with Gasteiger partial charge in [0.2, 0.25) is 5.82 Å². The van der Waals surface area contributed by atoms with Crippen molar-refractivity contribution in [2.75, 3.05) is 13.1 Å². The van der Waals surface area contributed by atoms with Gasteiger partial charge in [0, 0.05) is 48.7 Å². The van der Waals surface area contributed by atoms with Gasteiger partial charge in [-0.25, -0.2) is 0 Å². The Hall–Kier alpha value is -3.33. The molecule has 0 radical (unpaired) electrons. The molecule has 1 aliphatic heterocycles. The average Bonchev–Trinajstić information content (AvgIpc) is 3.46. The number of hydrogen-bond donors (Lipinski definition) is 1. The van der Waals surface area contributed by atoms with Crippen molar-refractivity contribution in [2.45, 2.75) is 51.0 Å². The number of likely N-dealkylation sites (tertiary alicyclic amines) is 1. The van der Waals surface area contributed by atoms with Gasteiger partial charge in [-0.3, -0.25) is 14.3 Å². The van der Waals surface area contributed by atoms with Crippen LogP contribution in [0.25, 0.3) is 16.6 Å². The lowest BCUT2D eigenvalue weighted by atomic mass is 10.0. The normalized spacial score (nSPS) is 19.3. The third-order valence-electron chi connectivity index (χ3n) is 7.52. The smallest absolute Gasteiger partial charge is 0.332 e. The van der Waals surface area contributed by atoms with Crippen molar-refractivity contribution in [2.24, 2.45) is 13.0 Å². The Balaban J connectivity index is 1.41. The first-order chi connectivity index (χ1) is 17.3. The summed E-state index contributed by atoms with van der Waals surface area (Å²) < 4.78 is 33.3. The van der Waals surface area contributed by atoms with Gasteiger partial charge in [-0.1, -0.05) is 19.1 Å².